The average molecular weight is 537 g/mol. The van der Waals surface area contributed by atoms with Gasteiger partial charge >= 0.3 is 6.03 Å². The first-order valence-electron chi connectivity index (χ1n) is 14.4. The van der Waals surface area contributed by atoms with Crippen LogP contribution >= 0.6 is 0 Å². The molecular weight excluding hydrogens is 492 g/mol. The summed E-state index contributed by atoms with van der Waals surface area (Å²) in [6.07, 6.45) is 8.18. The van der Waals surface area contributed by atoms with Crippen molar-refractivity contribution < 1.29 is 33.4 Å². The molecule has 0 radical (unpaired) electrons. The van der Waals surface area contributed by atoms with E-state index in [-0.39, 0.29) is 18.0 Å². The van der Waals surface area contributed by atoms with E-state index in [0.29, 0.717) is 90.9 Å². The van der Waals surface area contributed by atoms with Crippen molar-refractivity contribution in [2.75, 3.05) is 39.5 Å². The van der Waals surface area contributed by atoms with Crippen LogP contribution in [0.15, 0.2) is 0 Å². The van der Waals surface area contributed by atoms with Gasteiger partial charge in [-0.1, -0.05) is 39.0 Å². The molecule has 4 amide bonds. The molecule has 3 N–H and O–H groups in total. The third-order valence-corrected chi connectivity index (χ3v) is 8.37. The molecule has 2 aliphatic heterocycles. The van der Waals surface area contributed by atoms with Crippen LogP contribution in [0.25, 0.3) is 0 Å². The highest BCUT2D eigenvalue weighted by Gasteiger charge is 2.44. The molecule has 38 heavy (non-hydrogen) atoms. The van der Waals surface area contributed by atoms with Crippen LogP contribution in [0.2, 0.25) is 0 Å². The van der Waals surface area contributed by atoms with Crippen LogP contribution in [0.3, 0.4) is 0 Å². The molecule has 0 aromatic heterocycles. The van der Waals surface area contributed by atoms with Crippen molar-refractivity contribution in [1.29, 1.82) is 0 Å². The summed E-state index contributed by atoms with van der Waals surface area (Å²) in [4.78, 5) is 54.6. The number of nitrogens with one attached hydrogen (secondary N) is 3. The standard InChI is InChI=1S/C27H44N4O7/c1-2-3-7-21(22(32)23(33)28-20-8-12-27(13-9-20)37-18-19-38-27)29-24(34)26(10-5-4-6-11-26)30-25(35)31-14-16-36-17-15-31/h20-21H,2-19H2,1H3,(H,28,33)(H,29,34)(H,30,35)/t21-/m0/s1. The number of hydrogen-bond donors (Lipinski definition) is 3. The summed E-state index contributed by atoms with van der Waals surface area (Å²) in [7, 11) is 0. The van der Waals surface area contributed by atoms with Crippen LogP contribution in [-0.2, 0) is 28.6 Å². The van der Waals surface area contributed by atoms with Gasteiger partial charge in [0.2, 0.25) is 11.7 Å². The van der Waals surface area contributed by atoms with Gasteiger partial charge in [0.15, 0.2) is 5.79 Å². The van der Waals surface area contributed by atoms with Gasteiger partial charge in [-0.25, -0.2) is 4.79 Å². The lowest BCUT2D eigenvalue weighted by atomic mass is 9.80. The predicted molar refractivity (Wildman–Crippen MR) is 138 cm³/mol. The van der Waals surface area contributed by atoms with Gasteiger partial charge in [0.25, 0.3) is 5.91 Å². The van der Waals surface area contributed by atoms with Crippen LogP contribution in [0.1, 0.15) is 84.0 Å². The zero-order valence-corrected chi connectivity index (χ0v) is 22.7. The molecular formula is C27H44N4O7. The Kier molecular flexibility index (Phi) is 10.00. The van der Waals surface area contributed by atoms with E-state index in [1.807, 2.05) is 6.92 Å². The number of nitrogens with zero attached hydrogens (tertiary/aromatic N) is 1. The molecule has 4 fully saturated rings. The number of unbranched alkanes of at least 4 members (excludes halogenated alkanes) is 1. The highest BCUT2D eigenvalue weighted by atomic mass is 16.7. The lowest BCUT2D eigenvalue weighted by Crippen LogP contribution is -2.64. The number of urea groups is 1. The normalized spacial score (nSPS) is 24.0. The van der Waals surface area contributed by atoms with Crippen molar-refractivity contribution in [2.45, 2.75) is 107 Å². The number of carbonyl (C=O) groups is 4. The highest BCUT2D eigenvalue weighted by Crippen LogP contribution is 2.35. The summed E-state index contributed by atoms with van der Waals surface area (Å²) in [5.41, 5.74) is -1.09. The van der Waals surface area contributed by atoms with E-state index in [1.165, 1.54) is 0 Å². The van der Waals surface area contributed by atoms with Crippen LogP contribution in [0, 0.1) is 0 Å². The molecule has 1 spiro atoms. The maximum absolute atomic E-state index is 13.7. The van der Waals surface area contributed by atoms with E-state index in [4.69, 9.17) is 14.2 Å². The Labute approximate surface area is 225 Å². The van der Waals surface area contributed by atoms with Crippen LogP contribution in [0.5, 0.6) is 0 Å². The summed E-state index contributed by atoms with van der Waals surface area (Å²) >= 11 is 0. The summed E-state index contributed by atoms with van der Waals surface area (Å²) in [5, 5.41) is 8.77. The van der Waals surface area contributed by atoms with Crippen molar-refractivity contribution in [3.63, 3.8) is 0 Å². The molecule has 4 rings (SSSR count). The molecule has 0 unspecified atom stereocenters. The van der Waals surface area contributed by atoms with Crippen molar-refractivity contribution >= 4 is 23.6 Å². The minimum absolute atomic E-state index is 0.134. The summed E-state index contributed by atoms with van der Waals surface area (Å²) < 4.78 is 16.8. The summed E-state index contributed by atoms with van der Waals surface area (Å²) in [5.74, 6) is -2.22. The van der Waals surface area contributed by atoms with E-state index in [2.05, 4.69) is 16.0 Å². The molecule has 2 saturated heterocycles. The van der Waals surface area contributed by atoms with E-state index >= 15 is 0 Å². The minimum atomic E-state index is -1.09. The first-order valence-corrected chi connectivity index (χ1v) is 14.4. The van der Waals surface area contributed by atoms with E-state index < -0.39 is 29.1 Å². The van der Waals surface area contributed by atoms with Crippen LogP contribution < -0.4 is 16.0 Å². The van der Waals surface area contributed by atoms with E-state index in [1.54, 1.807) is 4.90 Å². The lowest BCUT2D eigenvalue weighted by Gasteiger charge is -2.39. The number of ether oxygens (including phenoxy) is 3. The molecule has 2 saturated carbocycles. The molecule has 11 nitrogen and oxygen atoms in total. The highest BCUT2D eigenvalue weighted by molar-refractivity contribution is 6.38. The SMILES string of the molecule is CCCC[C@H](NC(=O)C1(NC(=O)N2CCOCC2)CCCCC1)C(=O)C(=O)NC1CCC2(CC1)OCCO2. The van der Waals surface area contributed by atoms with Gasteiger partial charge in [0, 0.05) is 32.0 Å². The number of ketones is 1. The molecule has 2 aliphatic carbocycles. The number of hydrogen-bond acceptors (Lipinski definition) is 7. The molecule has 2 heterocycles. The lowest BCUT2D eigenvalue weighted by molar-refractivity contribution is -0.180. The van der Waals surface area contributed by atoms with Crippen molar-refractivity contribution in [2.24, 2.45) is 0 Å². The van der Waals surface area contributed by atoms with Crippen LogP contribution in [-0.4, -0.2) is 91.5 Å². The second-order valence-corrected chi connectivity index (χ2v) is 11.1. The third kappa shape index (κ3) is 7.04. The smallest absolute Gasteiger partial charge is 0.318 e. The molecule has 214 valence electrons. The fourth-order valence-electron chi connectivity index (χ4n) is 5.99. The minimum Gasteiger partial charge on any atom is -0.378 e. The summed E-state index contributed by atoms with van der Waals surface area (Å²) in [6.45, 7) is 5.06. The monoisotopic (exact) mass is 536 g/mol. The first-order chi connectivity index (χ1) is 18.4. The Balaban J connectivity index is 1.37. The Morgan fingerprint density at radius 3 is 2.21 bits per heavy atom. The second kappa shape index (κ2) is 13.2. The molecule has 11 heteroatoms. The number of amides is 4. The molecule has 0 aromatic carbocycles. The predicted octanol–water partition coefficient (Wildman–Crippen LogP) is 1.78. The average Bonchev–Trinajstić information content (AvgIpc) is 3.40. The van der Waals surface area contributed by atoms with Crippen molar-refractivity contribution in [3.05, 3.63) is 0 Å². The molecule has 0 aromatic rings. The zero-order valence-electron chi connectivity index (χ0n) is 22.7. The van der Waals surface area contributed by atoms with Gasteiger partial charge in [0.1, 0.15) is 5.54 Å². The maximum atomic E-state index is 13.7. The quantitative estimate of drug-likeness (QED) is 0.382. The Morgan fingerprint density at radius 1 is 0.921 bits per heavy atom. The third-order valence-electron chi connectivity index (χ3n) is 8.37. The van der Waals surface area contributed by atoms with Gasteiger partial charge < -0.3 is 35.1 Å². The van der Waals surface area contributed by atoms with Gasteiger partial charge in [-0.15, -0.1) is 0 Å². The molecule has 0 bridgehead atoms. The van der Waals surface area contributed by atoms with Gasteiger partial charge in [-0.05, 0) is 32.1 Å². The number of morpholine rings is 1. The second-order valence-electron chi connectivity index (χ2n) is 11.1. The fourth-order valence-corrected chi connectivity index (χ4v) is 5.99. The van der Waals surface area contributed by atoms with E-state index in [9.17, 15) is 19.2 Å². The number of Topliss-reactive ketones (excluding diaryl/α,β-unsaturated/α-hetero) is 1. The molecule has 1 atom stereocenters. The summed E-state index contributed by atoms with van der Waals surface area (Å²) in [6, 6.07) is -1.35. The van der Waals surface area contributed by atoms with Gasteiger partial charge in [-0.3, -0.25) is 14.4 Å². The van der Waals surface area contributed by atoms with E-state index in [0.717, 1.165) is 25.7 Å². The zero-order chi connectivity index (χ0) is 27.0. The van der Waals surface area contributed by atoms with Crippen molar-refractivity contribution in [1.82, 2.24) is 20.9 Å². The van der Waals surface area contributed by atoms with Crippen LogP contribution in [0.4, 0.5) is 4.79 Å². The number of carbonyl (C=O) groups excluding carboxylic acids is 4. The van der Waals surface area contributed by atoms with Crippen molar-refractivity contribution in [3.8, 4) is 0 Å². The van der Waals surface area contributed by atoms with Gasteiger partial charge in [-0.2, -0.15) is 0 Å². The number of rotatable bonds is 9. The Hall–Kier alpha value is -2.24. The Morgan fingerprint density at radius 2 is 1.58 bits per heavy atom. The fraction of sp³-hybridized carbons (Fsp3) is 0.852. The molecule has 4 aliphatic rings. The largest absolute Gasteiger partial charge is 0.378 e. The Bertz CT molecular complexity index is 838. The topological polar surface area (TPSA) is 135 Å². The maximum Gasteiger partial charge on any atom is 0.318 e. The van der Waals surface area contributed by atoms with Gasteiger partial charge in [0.05, 0.1) is 32.5 Å². The first kappa shape index (κ1) is 28.8.